The van der Waals surface area contributed by atoms with E-state index >= 15 is 0 Å². The lowest BCUT2D eigenvalue weighted by Gasteiger charge is -2.32. The van der Waals surface area contributed by atoms with Crippen molar-refractivity contribution in [3.05, 3.63) is 48.0 Å². The molecule has 0 bridgehead atoms. The molecule has 1 amide bonds. The molecule has 2 aromatic carbocycles. The van der Waals surface area contributed by atoms with E-state index in [2.05, 4.69) is 24.1 Å². The Kier molecular flexibility index (Phi) is 3.22. The Bertz CT molecular complexity index is 595. The Hall–Kier alpha value is -1.87. The van der Waals surface area contributed by atoms with Gasteiger partial charge >= 0.3 is 0 Å². The minimum Gasteiger partial charge on any atom is -0.336 e. The zero-order valence-corrected chi connectivity index (χ0v) is 11.2. The number of likely N-dealkylation sites (N-methyl/N-ethyl adjacent to an activating group) is 1. The highest BCUT2D eigenvalue weighted by molar-refractivity contribution is 6.07. The molecule has 0 atom stereocenters. The number of piperazine rings is 1. The van der Waals surface area contributed by atoms with Crippen LogP contribution in [0.5, 0.6) is 0 Å². The average molecular weight is 254 g/mol. The number of rotatable bonds is 1. The first-order chi connectivity index (χ1) is 9.25. The van der Waals surface area contributed by atoms with Crippen LogP contribution in [0.3, 0.4) is 0 Å². The molecule has 1 fully saturated rings. The van der Waals surface area contributed by atoms with Gasteiger partial charge in [-0.3, -0.25) is 4.79 Å². The van der Waals surface area contributed by atoms with Gasteiger partial charge in [0.15, 0.2) is 0 Å². The molecule has 2 aromatic rings. The van der Waals surface area contributed by atoms with Crippen LogP contribution in [0, 0.1) is 0 Å². The highest BCUT2D eigenvalue weighted by atomic mass is 16.2. The average Bonchev–Trinajstić information content (AvgIpc) is 2.47. The van der Waals surface area contributed by atoms with Crippen LogP contribution in [0.25, 0.3) is 10.8 Å². The van der Waals surface area contributed by atoms with Crippen molar-refractivity contribution in [1.29, 1.82) is 0 Å². The highest BCUT2D eigenvalue weighted by Crippen LogP contribution is 2.20. The van der Waals surface area contributed by atoms with Crippen molar-refractivity contribution < 1.29 is 4.79 Å². The molecule has 1 aliphatic heterocycles. The van der Waals surface area contributed by atoms with E-state index in [0.29, 0.717) is 0 Å². The second-order valence-corrected chi connectivity index (χ2v) is 5.12. The molecule has 3 nitrogen and oxygen atoms in total. The third-order valence-corrected chi connectivity index (χ3v) is 3.81. The summed E-state index contributed by atoms with van der Waals surface area (Å²) in [6.07, 6.45) is 0. The molecular formula is C16H18N2O. The summed E-state index contributed by atoms with van der Waals surface area (Å²) in [6.45, 7) is 3.55. The zero-order chi connectivity index (χ0) is 13.2. The molecule has 3 heteroatoms. The van der Waals surface area contributed by atoms with Crippen LogP contribution < -0.4 is 0 Å². The summed E-state index contributed by atoms with van der Waals surface area (Å²) in [5.74, 6) is 0.157. The van der Waals surface area contributed by atoms with Gasteiger partial charge in [-0.25, -0.2) is 0 Å². The minimum atomic E-state index is 0.157. The van der Waals surface area contributed by atoms with Crippen LogP contribution in [0.1, 0.15) is 10.4 Å². The van der Waals surface area contributed by atoms with Crippen molar-refractivity contribution in [1.82, 2.24) is 9.80 Å². The van der Waals surface area contributed by atoms with Crippen LogP contribution in [0.4, 0.5) is 0 Å². The number of hydrogen-bond donors (Lipinski definition) is 0. The van der Waals surface area contributed by atoms with E-state index in [1.807, 2.05) is 35.2 Å². The Balaban J connectivity index is 1.93. The number of carbonyl (C=O) groups is 1. The van der Waals surface area contributed by atoms with Gasteiger partial charge in [0.2, 0.25) is 0 Å². The first-order valence-corrected chi connectivity index (χ1v) is 6.71. The lowest BCUT2D eigenvalue weighted by molar-refractivity contribution is 0.0666. The van der Waals surface area contributed by atoms with Crippen LogP contribution in [0.2, 0.25) is 0 Å². The molecule has 98 valence electrons. The summed E-state index contributed by atoms with van der Waals surface area (Å²) in [6, 6.07) is 14.0. The lowest BCUT2D eigenvalue weighted by atomic mass is 10.0. The Morgan fingerprint density at radius 3 is 2.42 bits per heavy atom. The van der Waals surface area contributed by atoms with Gasteiger partial charge in [0.05, 0.1) is 0 Å². The largest absolute Gasteiger partial charge is 0.336 e. The number of nitrogens with zero attached hydrogens (tertiary/aromatic N) is 2. The minimum absolute atomic E-state index is 0.157. The fraction of sp³-hybridized carbons (Fsp3) is 0.312. The van der Waals surface area contributed by atoms with Crippen molar-refractivity contribution >= 4 is 16.7 Å². The van der Waals surface area contributed by atoms with Crippen molar-refractivity contribution in [2.45, 2.75) is 0 Å². The van der Waals surface area contributed by atoms with Gasteiger partial charge in [-0.2, -0.15) is 0 Å². The van der Waals surface area contributed by atoms with Crippen molar-refractivity contribution in [2.75, 3.05) is 33.2 Å². The third kappa shape index (κ3) is 2.34. The molecular weight excluding hydrogens is 236 g/mol. The van der Waals surface area contributed by atoms with Crippen molar-refractivity contribution in [2.24, 2.45) is 0 Å². The van der Waals surface area contributed by atoms with Gasteiger partial charge < -0.3 is 9.80 Å². The Morgan fingerprint density at radius 1 is 0.947 bits per heavy atom. The summed E-state index contributed by atoms with van der Waals surface area (Å²) in [4.78, 5) is 16.8. The molecule has 0 spiro atoms. The van der Waals surface area contributed by atoms with Crippen LogP contribution >= 0.6 is 0 Å². The SMILES string of the molecule is CN1CCN(C(=O)c2cccc3ccccc23)CC1. The van der Waals surface area contributed by atoms with E-state index in [1.54, 1.807) is 0 Å². The monoisotopic (exact) mass is 254 g/mol. The van der Waals surface area contributed by atoms with E-state index < -0.39 is 0 Å². The predicted molar refractivity (Wildman–Crippen MR) is 77.3 cm³/mol. The van der Waals surface area contributed by atoms with Crippen molar-refractivity contribution in [3.8, 4) is 0 Å². The summed E-state index contributed by atoms with van der Waals surface area (Å²) < 4.78 is 0. The Morgan fingerprint density at radius 2 is 1.63 bits per heavy atom. The zero-order valence-electron chi connectivity index (χ0n) is 11.2. The standard InChI is InChI=1S/C16H18N2O/c1-17-9-11-18(12-10-17)16(19)15-8-4-6-13-5-2-3-7-14(13)15/h2-8H,9-12H2,1H3. The highest BCUT2D eigenvalue weighted by Gasteiger charge is 2.21. The molecule has 0 N–H and O–H groups in total. The number of carbonyl (C=O) groups excluding carboxylic acids is 1. The first kappa shape index (κ1) is 12.2. The molecule has 1 aliphatic rings. The molecule has 3 rings (SSSR count). The molecule has 19 heavy (non-hydrogen) atoms. The Labute approximate surface area is 113 Å². The van der Waals surface area contributed by atoms with E-state index in [-0.39, 0.29) is 5.91 Å². The van der Waals surface area contributed by atoms with Gasteiger partial charge in [0.1, 0.15) is 0 Å². The fourth-order valence-electron chi connectivity index (χ4n) is 2.59. The molecule has 0 saturated carbocycles. The molecule has 0 unspecified atom stereocenters. The summed E-state index contributed by atoms with van der Waals surface area (Å²) in [7, 11) is 2.10. The van der Waals surface area contributed by atoms with E-state index in [1.165, 1.54) is 0 Å². The summed E-state index contributed by atoms with van der Waals surface area (Å²) in [5.41, 5.74) is 0.822. The maximum atomic E-state index is 12.6. The predicted octanol–water partition coefficient (Wildman–Crippen LogP) is 2.23. The molecule has 1 saturated heterocycles. The molecule has 0 radical (unpaired) electrons. The van der Waals surface area contributed by atoms with E-state index in [0.717, 1.165) is 42.5 Å². The first-order valence-electron chi connectivity index (χ1n) is 6.71. The smallest absolute Gasteiger partial charge is 0.254 e. The number of hydrogen-bond acceptors (Lipinski definition) is 2. The van der Waals surface area contributed by atoms with Gasteiger partial charge in [-0.1, -0.05) is 36.4 Å². The maximum Gasteiger partial charge on any atom is 0.254 e. The van der Waals surface area contributed by atoms with Crippen LogP contribution in [0.15, 0.2) is 42.5 Å². The summed E-state index contributed by atoms with van der Waals surface area (Å²) in [5, 5.41) is 2.18. The normalized spacial score (nSPS) is 16.8. The summed E-state index contributed by atoms with van der Waals surface area (Å²) >= 11 is 0. The quantitative estimate of drug-likeness (QED) is 0.779. The van der Waals surface area contributed by atoms with Crippen LogP contribution in [-0.2, 0) is 0 Å². The molecule has 0 aromatic heterocycles. The van der Waals surface area contributed by atoms with Gasteiger partial charge in [-0.15, -0.1) is 0 Å². The molecule has 0 aliphatic carbocycles. The van der Waals surface area contributed by atoms with E-state index in [9.17, 15) is 4.79 Å². The number of amides is 1. The lowest BCUT2D eigenvalue weighted by Crippen LogP contribution is -2.47. The topological polar surface area (TPSA) is 23.6 Å². The molecule has 1 heterocycles. The number of benzene rings is 2. The fourth-order valence-corrected chi connectivity index (χ4v) is 2.59. The number of fused-ring (bicyclic) bond motifs is 1. The second-order valence-electron chi connectivity index (χ2n) is 5.12. The third-order valence-electron chi connectivity index (χ3n) is 3.81. The van der Waals surface area contributed by atoms with E-state index in [4.69, 9.17) is 0 Å². The van der Waals surface area contributed by atoms with Gasteiger partial charge in [-0.05, 0) is 23.9 Å². The van der Waals surface area contributed by atoms with Crippen molar-refractivity contribution in [3.63, 3.8) is 0 Å². The second kappa shape index (κ2) is 5.02. The van der Waals surface area contributed by atoms with Gasteiger partial charge in [0.25, 0.3) is 5.91 Å². The maximum absolute atomic E-state index is 12.6. The van der Waals surface area contributed by atoms with Crippen LogP contribution in [-0.4, -0.2) is 48.9 Å². The van der Waals surface area contributed by atoms with Gasteiger partial charge in [0, 0.05) is 31.7 Å².